The van der Waals surface area contributed by atoms with Gasteiger partial charge in [-0.05, 0) is 30.9 Å². The van der Waals surface area contributed by atoms with Gasteiger partial charge in [-0.2, -0.15) is 26.3 Å². The molecule has 1 aliphatic heterocycles. The van der Waals surface area contributed by atoms with Crippen molar-refractivity contribution in [3.63, 3.8) is 0 Å². The second kappa shape index (κ2) is 10.1. The van der Waals surface area contributed by atoms with Gasteiger partial charge in [0, 0.05) is 28.7 Å². The number of halogens is 6. The first-order chi connectivity index (χ1) is 15.4. The summed E-state index contributed by atoms with van der Waals surface area (Å²) < 4.78 is 80.1. The molecule has 1 heterocycles. The Morgan fingerprint density at radius 1 is 1.06 bits per heavy atom. The van der Waals surface area contributed by atoms with Gasteiger partial charge >= 0.3 is 12.4 Å². The number of carbonyl (C=O) groups excluding carboxylic acids is 1. The number of benzene rings is 1. The number of aliphatic hydroxyl groups is 1. The molecule has 1 fully saturated rings. The predicted molar refractivity (Wildman–Crippen MR) is 115 cm³/mol. The van der Waals surface area contributed by atoms with Crippen LogP contribution in [0, 0.1) is 5.92 Å². The lowest BCUT2D eigenvalue weighted by Gasteiger charge is -2.37. The van der Waals surface area contributed by atoms with Gasteiger partial charge in [0.15, 0.2) is 0 Å². The maximum atomic E-state index is 13.4. The molecule has 3 rings (SSSR count). The highest BCUT2D eigenvalue weighted by Gasteiger charge is 2.71. The number of alkyl halides is 6. The number of hydrogen-bond donors (Lipinski definition) is 1. The summed E-state index contributed by atoms with van der Waals surface area (Å²) in [5.41, 5.74) is -5.97. The molecule has 1 saturated carbocycles. The first-order valence-corrected chi connectivity index (χ1v) is 12.2. The maximum absolute atomic E-state index is 13.4. The largest absolute Gasteiger partial charge is 0.430 e. The lowest BCUT2D eigenvalue weighted by Crippen LogP contribution is -2.54. The van der Waals surface area contributed by atoms with Gasteiger partial charge in [0.2, 0.25) is 5.91 Å². The molecular formula is C23H29F6NO2S. The summed E-state index contributed by atoms with van der Waals surface area (Å²) in [7, 11) is 0. The number of carbonyl (C=O) groups is 1. The van der Waals surface area contributed by atoms with Gasteiger partial charge < -0.3 is 10.0 Å². The van der Waals surface area contributed by atoms with Gasteiger partial charge in [-0.3, -0.25) is 4.79 Å². The van der Waals surface area contributed by atoms with E-state index in [1.54, 1.807) is 0 Å². The van der Waals surface area contributed by atoms with E-state index in [1.807, 2.05) is 6.92 Å². The number of rotatable bonds is 6. The van der Waals surface area contributed by atoms with Gasteiger partial charge in [-0.25, -0.2) is 0 Å². The van der Waals surface area contributed by atoms with Gasteiger partial charge in [0.25, 0.3) is 5.60 Å². The van der Waals surface area contributed by atoms with E-state index in [4.69, 9.17) is 0 Å². The lowest BCUT2D eigenvalue weighted by atomic mass is 9.86. The number of hydrogen-bond acceptors (Lipinski definition) is 3. The topological polar surface area (TPSA) is 40.5 Å². The van der Waals surface area contributed by atoms with Crippen molar-refractivity contribution in [2.45, 2.75) is 92.8 Å². The summed E-state index contributed by atoms with van der Waals surface area (Å²) in [5.74, 6) is 0.307. The second-order valence-corrected chi connectivity index (χ2v) is 10.3. The van der Waals surface area contributed by atoms with Gasteiger partial charge in [0.1, 0.15) is 0 Å². The first-order valence-electron chi connectivity index (χ1n) is 11.4. The average molecular weight is 498 g/mol. The van der Waals surface area contributed by atoms with E-state index in [9.17, 15) is 36.2 Å². The summed E-state index contributed by atoms with van der Waals surface area (Å²) in [6.07, 6.45) is -3.81. The van der Waals surface area contributed by atoms with E-state index < -0.39 is 23.5 Å². The Morgan fingerprint density at radius 2 is 1.70 bits per heavy atom. The molecule has 1 aromatic carbocycles. The third-order valence-electron chi connectivity index (χ3n) is 6.57. The number of nitrogens with zero attached hydrogens (tertiary/aromatic N) is 1. The van der Waals surface area contributed by atoms with Crippen LogP contribution >= 0.6 is 11.8 Å². The third kappa shape index (κ3) is 5.47. The molecule has 3 nitrogen and oxygen atoms in total. The lowest BCUT2D eigenvalue weighted by molar-refractivity contribution is -0.376. The molecule has 0 aromatic heterocycles. The van der Waals surface area contributed by atoms with Gasteiger partial charge in [0.05, 0.1) is 5.69 Å². The van der Waals surface area contributed by atoms with Crippen molar-refractivity contribution in [2.24, 2.45) is 5.92 Å². The van der Waals surface area contributed by atoms with Crippen LogP contribution in [0.4, 0.5) is 32.0 Å². The van der Waals surface area contributed by atoms with Crippen LogP contribution in [-0.2, 0) is 10.4 Å². The molecule has 1 unspecified atom stereocenters. The van der Waals surface area contributed by atoms with Crippen molar-refractivity contribution >= 4 is 23.4 Å². The first kappa shape index (κ1) is 26.2. The minimum absolute atomic E-state index is 0.148. The number of fused-ring (bicyclic) bond motifs is 1. The number of amides is 1. The Kier molecular flexibility index (Phi) is 7.98. The van der Waals surface area contributed by atoms with Crippen LogP contribution in [-0.4, -0.2) is 35.2 Å². The molecule has 1 amide bonds. The minimum atomic E-state index is -5.95. The Morgan fingerprint density at radius 3 is 2.27 bits per heavy atom. The zero-order valence-electron chi connectivity index (χ0n) is 18.4. The smallest absolute Gasteiger partial charge is 0.369 e. The Balaban J connectivity index is 1.91. The van der Waals surface area contributed by atoms with Crippen LogP contribution in [0.1, 0.15) is 70.3 Å². The van der Waals surface area contributed by atoms with Crippen molar-refractivity contribution in [3.8, 4) is 0 Å². The van der Waals surface area contributed by atoms with Crippen molar-refractivity contribution in [3.05, 3.63) is 23.8 Å². The molecule has 1 aromatic rings. The number of thioether (sulfide) groups is 1. The molecule has 0 radical (unpaired) electrons. The quantitative estimate of drug-likeness (QED) is 0.432. The van der Waals surface area contributed by atoms with Crippen molar-refractivity contribution in [1.82, 2.24) is 0 Å². The van der Waals surface area contributed by atoms with Crippen LogP contribution in [0.15, 0.2) is 23.1 Å². The molecule has 1 aliphatic carbocycles. The highest BCUT2D eigenvalue weighted by atomic mass is 32.2. The van der Waals surface area contributed by atoms with E-state index in [-0.39, 0.29) is 16.1 Å². The normalized spacial score (nSPS) is 20.6. The standard InChI is InChI=1S/C23H29F6NO2S/c1-2-6-17-14-30(20(31)12-9-15-7-4-3-5-8-15)18-11-10-16(13-19(18)33-17)21(32,22(24,25)26)23(27,28)29/h10-11,13,15,17,32H,2-9,12,14H2,1H3. The highest BCUT2D eigenvalue weighted by molar-refractivity contribution is 8.00. The molecule has 33 heavy (non-hydrogen) atoms. The SMILES string of the molecule is CCCC1CN(C(=O)CCC2CCCCC2)c2ccc(C(O)(C(F)(F)F)C(F)(F)F)cc2S1. The van der Waals surface area contributed by atoms with Crippen LogP contribution in [0.3, 0.4) is 0 Å². The summed E-state index contributed by atoms with van der Waals surface area (Å²) in [5, 5.41) is 9.64. The molecule has 10 heteroatoms. The molecule has 1 atom stereocenters. The van der Waals surface area contributed by atoms with Crippen LogP contribution in [0.2, 0.25) is 0 Å². The van der Waals surface area contributed by atoms with Gasteiger partial charge in [-0.15, -0.1) is 11.8 Å². The zero-order valence-corrected chi connectivity index (χ0v) is 19.3. The van der Waals surface area contributed by atoms with Crippen molar-refractivity contribution in [2.75, 3.05) is 11.4 Å². The average Bonchev–Trinajstić information content (AvgIpc) is 2.75. The summed E-state index contributed by atoms with van der Waals surface area (Å²) >= 11 is 1.16. The fourth-order valence-electron chi connectivity index (χ4n) is 4.71. The van der Waals surface area contributed by atoms with Crippen molar-refractivity contribution < 1.29 is 36.2 Å². The Labute approximate surface area is 193 Å². The Bertz CT molecular complexity index is 821. The van der Waals surface area contributed by atoms with Crippen LogP contribution in [0.5, 0.6) is 0 Å². The van der Waals surface area contributed by atoms with E-state index in [0.29, 0.717) is 37.1 Å². The monoisotopic (exact) mass is 497 g/mol. The highest BCUT2D eigenvalue weighted by Crippen LogP contribution is 2.52. The predicted octanol–water partition coefficient (Wildman–Crippen LogP) is 6.97. The molecule has 2 aliphatic rings. The third-order valence-corrected chi connectivity index (χ3v) is 7.87. The molecule has 0 bridgehead atoms. The summed E-state index contributed by atoms with van der Waals surface area (Å²) in [6, 6.07) is 2.47. The Hall–Kier alpha value is -1.42. The van der Waals surface area contributed by atoms with E-state index in [2.05, 4.69) is 0 Å². The number of anilines is 1. The van der Waals surface area contributed by atoms with E-state index in [1.165, 1.54) is 11.3 Å². The second-order valence-electron chi connectivity index (χ2n) is 8.96. The zero-order chi connectivity index (χ0) is 24.4. The molecule has 1 N–H and O–H groups in total. The van der Waals surface area contributed by atoms with Crippen molar-refractivity contribution in [1.29, 1.82) is 0 Å². The van der Waals surface area contributed by atoms with Crippen LogP contribution < -0.4 is 4.90 Å². The fourth-order valence-corrected chi connectivity index (χ4v) is 6.14. The summed E-state index contributed by atoms with van der Waals surface area (Å²) in [6.45, 7) is 2.28. The minimum Gasteiger partial charge on any atom is -0.369 e. The van der Waals surface area contributed by atoms with E-state index >= 15 is 0 Å². The molecule has 0 spiro atoms. The van der Waals surface area contributed by atoms with Crippen LogP contribution in [0.25, 0.3) is 0 Å². The molecule has 186 valence electrons. The maximum Gasteiger partial charge on any atom is 0.430 e. The molecular weight excluding hydrogens is 468 g/mol. The summed E-state index contributed by atoms with van der Waals surface area (Å²) in [4.78, 5) is 14.7. The fraction of sp³-hybridized carbons (Fsp3) is 0.696. The van der Waals surface area contributed by atoms with E-state index in [0.717, 1.165) is 62.4 Å². The van der Waals surface area contributed by atoms with Gasteiger partial charge in [-0.1, -0.05) is 51.5 Å². The molecule has 0 saturated heterocycles.